The Morgan fingerprint density at radius 2 is 2.15 bits per heavy atom. The van der Waals surface area contributed by atoms with Crippen LogP contribution < -0.4 is 0 Å². The van der Waals surface area contributed by atoms with E-state index >= 15 is 0 Å². The van der Waals surface area contributed by atoms with Crippen LogP contribution in [-0.2, 0) is 0 Å². The molecule has 0 spiro atoms. The van der Waals surface area contributed by atoms with Crippen LogP contribution in [0.2, 0.25) is 0 Å². The number of hydrogen-bond acceptors (Lipinski definition) is 2. The van der Waals surface area contributed by atoms with Gasteiger partial charge in [0.1, 0.15) is 0 Å². The Labute approximate surface area is 82.2 Å². The summed E-state index contributed by atoms with van der Waals surface area (Å²) >= 11 is 1.41. The first kappa shape index (κ1) is 8.75. The highest BCUT2D eigenvalue weighted by Crippen LogP contribution is 2.15. The van der Waals surface area contributed by atoms with Gasteiger partial charge in [-0.3, -0.25) is 4.79 Å². The molecule has 2 heterocycles. The lowest BCUT2D eigenvalue weighted by Crippen LogP contribution is -2.35. The minimum Gasteiger partial charge on any atom is -0.338 e. The molecule has 2 nitrogen and oxygen atoms in total. The van der Waals surface area contributed by atoms with Gasteiger partial charge in [-0.2, -0.15) is 0 Å². The number of carbonyl (C=O) groups excluding carboxylic acids is 1. The van der Waals surface area contributed by atoms with E-state index in [9.17, 15) is 4.79 Å². The molecule has 1 aliphatic rings. The third kappa shape index (κ3) is 1.91. The number of nitrogens with zero attached hydrogens (tertiary/aromatic N) is 1. The molecule has 1 saturated heterocycles. The molecule has 1 aromatic rings. The predicted molar refractivity (Wildman–Crippen MR) is 52.9 cm³/mol. The van der Waals surface area contributed by atoms with Crippen molar-refractivity contribution >= 4 is 17.2 Å². The van der Waals surface area contributed by atoms with Crippen molar-refractivity contribution < 1.29 is 4.79 Å². The standard InChI is InChI=1S/C10H12NOS/c12-10(9-5-4-8-13-9)11-6-2-1-3-7-11/h4-5H,1-3,6-7H2. The highest BCUT2D eigenvalue weighted by Gasteiger charge is 2.18. The van der Waals surface area contributed by atoms with E-state index < -0.39 is 0 Å². The number of amides is 1. The Balaban J connectivity index is 2.04. The molecule has 1 fully saturated rings. The van der Waals surface area contributed by atoms with Crippen molar-refractivity contribution in [2.24, 2.45) is 0 Å². The summed E-state index contributed by atoms with van der Waals surface area (Å²) in [5, 5.41) is 2.94. The fraction of sp³-hybridized carbons (Fsp3) is 0.500. The van der Waals surface area contributed by atoms with Crippen molar-refractivity contribution in [3.63, 3.8) is 0 Å². The van der Waals surface area contributed by atoms with Gasteiger partial charge in [0.2, 0.25) is 0 Å². The summed E-state index contributed by atoms with van der Waals surface area (Å²) in [5.74, 6) is 0.186. The lowest BCUT2D eigenvalue weighted by Gasteiger charge is -2.26. The topological polar surface area (TPSA) is 20.3 Å². The fourth-order valence-corrected chi connectivity index (χ4v) is 2.22. The molecule has 0 aromatic carbocycles. The van der Waals surface area contributed by atoms with Gasteiger partial charge in [0.05, 0.1) is 4.88 Å². The van der Waals surface area contributed by atoms with Gasteiger partial charge in [0, 0.05) is 18.5 Å². The Morgan fingerprint density at radius 3 is 2.77 bits per heavy atom. The smallest absolute Gasteiger partial charge is 0.263 e. The van der Waals surface area contributed by atoms with Gasteiger partial charge in [0.15, 0.2) is 0 Å². The molecule has 0 saturated carbocycles. The van der Waals surface area contributed by atoms with Gasteiger partial charge in [-0.05, 0) is 31.4 Å². The van der Waals surface area contributed by atoms with Gasteiger partial charge in [-0.15, -0.1) is 11.3 Å². The maximum atomic E-state index is 11.8. The maximum absolute atomic E-state index is 11.8. The molecule has 13 heavy (non-hydrogen) atoms. The van der Waals surface area contributed by atoms with E-state index in [-0.39, 0.29) is 5.91 Å². The van der Waals surface area contributed by atoms with Crippen molar-refractivity contribution in [2.75, 3.05) is 13.1 Å². The van der Waals surface area contributed by atoms with Gasteiger partial charge in [0.25, 0.3) is 5.91 Å². The molecule has 69 valence electrons. The second kappa shape index (κ2) is 3.92. The maximum Gasteiger partial charge on any atom is 0.263 e. The van der Waals surface area contributed by atoms with E-state index in [1.54, 1.807) is 0 Å². The first-order chi connectivity index (χ1) is 6.38. The summed E-state index contributed by atoms with van der Waals surface area (Å²) in [7, 11) is 0. The number of piperidine rings is 1. The molecule has 0 N–H and O–H groups in total. The molecule has 1 aromatic heterocycles. The molecule has 1 aliphatic heterocycles. The van der Waals surface area contributed by atoms with Crippen LogP contribution in [0.1, 0.15) is 28.9 Å². The molecule has 0 atom stereocenters. The quantitative estimate of drug-likeness (QED) is 0.671. The average molecular weight is 194 g/mol. The summed E-state index contributed by atoms with van der Waals surface area (Å²) in [4.78, 5) is 14.5. The van der Waals surface area contributed by atoms with E-state index in [2.05, 4.69) is 5.38 Å². The molecule has 0 bridgehead atoms. The minimum absolute atomic E-state index is 0.186. The Kier molecular flexibility index (Phi) is 2.64. The zero-order valence-electron chi connectivity index (χ0n) is 7.45. The minimum atomic E-state index is 0.186. The Bertz CT molecular complexity index is 275. The Morgan fingerprint density at radius 1 is 1.38 bits per heavy atom. The summed E-state index contributed by atoms with van der Waals surface area (Å²) in [6, 6.07) is 3.66. The molecule has 0 unspecified atom stereocenters. The molecule has 3 heteroatoms. The highest BCUT2D eigenvalue weighted by atomic mass is 32.1. The van der Waals surface area contributed by atoms with Gasteiger partial charge < -0.3 is 4.90 Å². The highest BCUT2D eigenvalue weighted by molar-refractivity contribution is 7.11. The van der Waals surface area contributed by atoms with Crippen molar-refractivity contribution in [1.29, 1.82) is 0 Å². The third-order valence-corrected chi connectivity index (χ3v) is 3.11. The molecule has 1 radical (unpaired) electrons. The zero-order valence-corrected chi connectivity index (χ0v) is 8.27. The lowest BCUT2D eigenvalue weighted by atomic mass is 10.1. The van der Waals surface area contributed by atoms with Crippen LogP contribution in [0, 0.1) is 5.38 Å². The van der Waals surface area contributed by atoms with Crippen molar-refractivity contribution in [3.05, 3.63) is 22.4 Å². The molecular formula is C10H12NOS. The molecule has 0 aliphatic carbocycles. The van der Waals surface area contributed by atoms with Crippen LogP contribution in [0.15, 0.2) is 12.1 Å². The van der Waals surface area contributed by atoms with Crippen LogP contribution in [0.25, 0.3) is 0 Å². The third-order valence-electron chi connectivity index (χ3n) is 2.33. The normalized spacial score (nSPS) is 17.4. The average Bonchev–Trinajstić information content (AvgIpc) is 2.71. The largest absolute Gasteiger partial charge is 0.338 e. The predicted octanol–water partition coefficient (Wildman–Crippen LogP) is 2.17. The number of carbonyl (C=O) groups is 1. The summed E-state index contributed by atoms with van der Waals surface area (Å²) in [5.41, 5.74) is 0. The van der Waals surface area contributed by atoms with Crippen LogP contribution in [0.4, 0.5) is 0 Å². The number of likely N-dealkylation sites (tertiary alicyclic amines) is 1. The second-order valence-electron chi connectivity index (χ2n) is 3.27. The van der Waals surface area contributed by atoms with Crippen LogP contribution in [-0.4, -0.2) is 23.9 Å². The van der Waals surface area contributed by atoms with Crippen LogP contribution >= 0.6 is 11.3 Å². The number of hydrogen-bond donors (Lipinski definition) is 0. The van der Waals surface area contributed by atoms with Crippen molar-refractivity contribution in [3.8, 4) is 0 Å². The summed E-state index contributed by atoms with van der Waals surface area (Å²) in [6.07, 6.45) is 3.57. The van der Waals surface area contributed by atoms with Crippen LogP contribution in [0.5, 0.6) is 0 Å². The first-order valence-corrected chi connectivity index (χ1v) is 5.45. The lowest BCUT2D eigenvalue weighted by molar-refractivity contribution is 0.0729. The summed E-state index contributed by atoms with van der Waals surface area (Å²) < 4.78 is 0. The fourth-order valence-electron chi connectivity index (χ4n) is 1.61. The van der Waals surface area contributed by atoms with E-state index in [0.29, 0.717) is 0 Å². The molecule has 1 amide bonds. The number of thiophene rings is 1. The van der Waals surface area contributed by atoms with Crippen molar-refractivity contribution in [1.82, 2.24) is 4.90 Å². The van der Waals surface area contributed by atoms with E-state index in [4.69, 9.17) is 0 Å². The second-order valence-corrected chi connectivity index (χ2v) is 4.15. The van der Waals surface area contributed by atoms with Gasteiger partial charge in [-0.25, -0.2) is 0 Å². The van der Waals surface area contributed by atoms with Crippen molar-refractivity contribution in [2.45, 2.75) is 19.3 Å². The zero-order chi connectivity index (χ0) is 9.10. The first-order valence-electron chi connectivity index (χ1n) is 4.63. The SMILES string of the molecule is O=C(c1cc[c]s1)N1CCCCC1. The van der Waals surface area contributed by atoms with E-state index in [0.717, 1.165) is 30.8 Å². The van der Waals surface area contributed by atoms with E-state index in [1.807, 2.05) is 17.0 Å². The van der Waals surface area contributed by atoms with E-state index in [1.165, 1.54) is 17.8 Å². The molecule has 2 rings (SSSR count). The molecular weight excluding hydrogens is 182 g/mol. The monoisotopic (exact) mass is 194 g/mol. The number of rotatable bonds is 1. The van der Waals surface area contributed by atoms with Crippen LogP contribution in [0.3, 0.4) is 0 Å². The summed E-state index contributed by atoms with van der Waals surface area (Å²) in [6.45, 7) is 1.85. The van der Waals surface area contributed by atoms with Gasteiger partial charge in [-0.1, -0.05) is 0 Å². The Hall–Kier alpha value is -0.830. The van der Waals surface area contributed by atoms with Gasteiger partial charge >= 0.3 is 0 Å².